The Bertz CT molecular complexity index is 1770. The average molecular weight is 916 g/mol. The van der Waals surface area contributed by atoms with Crippen molar-refractivity contribution < 1.29 is 85.4 Å². The predicted octanol–water partition coefficient (Wildman–Crippen LogP) is 4.20. The molecule has 0 radical (unpaired) electrons. The highest BCUT2D eigenvalue weighted by Crippen LogP contribution is 2.39. The molecule has 19 nitrogen and oxygen atoms in total. The van der Waals surface area contributed by atoms with Crippen LogP contribution in [-0.2, 0) is 52.2 Å². The molecule has 3 heterocycles. The van der Waals surface area contributed by atoms with Crippen molar-refractivity contribution in [2.24, 2.45) is 0 Å². The monoisotopic (exact) mass is 915 g/mol. The highest BCUT2D eigenvalue weighted by Gasteiger charge is 2.24. The number of hydrogen-bond acceptors (Lipinski definition) is 18. The fourth-order valence-corrected chi connectivity index (χ4v) is 6.35. The SMILES string of the molecule is O=C(CCC(=O)N(c1ccc2c(c1)OCCOCCOCCOCCO2)c1ccc2c(c1)OCCOCCOCCOCCO2)Oc1ccc2c(c1)OCCOCCOCCOCCO2. The molecule has 6 rings (SSSR count). The van der Waals surface area contributed by atoms with Gasteiger partial charge in [0.15, 0.2) is 34.5 Å². The molecule has 0 N–H and O–H groups in total. The second kappa shape index (κ2) is 29.5. The van der Waals surface area contributed by atoms with Crippen LogP contribution in [0.15, 0.2) is 54.6 Å². The van der Waals surface area contributed by atoms with Crippen LogP contribution in [0.4, 0.5) is 11.4 Å². The van der Waals surface area contributed by atoms with Gasteiger partial charge in [0, 0.05) is 24.6 Å². The van der Waals surface area contributed by atoms with E-state index >= 15 is 0 Å². The number of esters is 1. The molecule has 1 amide bonds. The number of nitrogens with zero attached hydrogens (tertiary/aromatic N) is 1. The Morgan fingerprint density at radius 3 is 1.00 bits per heavy atom. The minimum atomic E-state index is -0.637. The number of ether oxygens (including phenoxy) is 16. The van der Waals surface area contributed by atoms with Crippen LogP contribution in [0.3, 0.4) is 0 Å². The van der Waals surface area contributed by atoms with E-state index in [1.54, 1.807) is 54.6 Å². The van der Waals surface area contributed by atoms with E-state index in [2.05, 4.69) is 0 Å². The highest BCUT2D eigenvalue weighted by atomic mass is 16.6. The van der Waals surface area contributed by atoms with Crippen molar-refractivity contribution in [1.29, 1.82) is 0 Å². The van der Waals surface area contributed by atoms with Gasteiger partial charge in [-0.2, -0.15) is 0 Å². The quantitative estimate of drug-likeness (QED) is 0.253. The summed E-state index contributed by atoms with van der Waals surface area (Å²) < 4.78 is 92.3. The smallest absolute Gasteiger partial charge is 0.311 e. The average Bonchev–Trinajstić information content (AvgIpc) is 3.33. The summed E-state index contributed by atoms with van der Waals surface area (Å²) in [7, 11) is 0. The standard InChI is InChI=1S/C46H61NO18/c48-45(7-8-46(49)65-38-3-6-41-44(35-38)64-32-26-58-20-14-52-11-17-55-23-29-61-41)47(36-1-4-39-42(33-36)62-30-24-56-18-12-50-9-15-53-21-27-59-39)37-2-5-40-43(34-37)63-31-25-57-19-13-51-10-16-54-22-28-60-40/h1-6,33-35H,7-32H2. The number of anilines is 2. The van der Waals surface area contributed by atoms with Gasteiger partial charge in [-0.05, 0) is 36.4 Å². The lowest BCUT2D eigenvalue weighted by Gasteiger charge is -2.25. The Labute approximate surface area is 379 Å². The van der Waals surface area contributed by atoms with E-state index in [4.69, 9.17) is 75.8 Å². The number of carbonyl (C=O) groups is 2. The first kappa shape index (κ1) is 49.5. The molecule has 0 fully saturated rings. The summed E-state index contributed by atoms with van der Waals surface area (Å²) in [4.78, 5) is 29.4. The van der Waals surface area contributed by atoms with Gasteiger partial charge in [0.25, 0.3) is 0 Å². The van der Waals surface area contributed by atoms with Crippen molar-refractivity contribution in [1.82, 2.24) is 0 Å². The molecule has 0 saturated carbocycles. The van der Waals surface area contributed by atoms with E-state index in [0.29, 0.717) is 165 Å². The number of fused-ring (bicyclic) bond motifs is 3. The second-order valence-electron chi connectivity index (χ2n) is 14.2. The van der Waals surface area contributed by atoms with Gasteiger partial charge in [0.2, 0.25) is 5.91 Å². The van der Waals surface area contributed by atoms with Crippen LogP contribution in [0.5, 0.6) is 40.2 Å². The fourth-order valence-electron chi connectivity index (χ4n) is 6.35. The molecular weight excluding hydrogens is 854 g/mol. The Morgan fingerprint density at radius 2 is 0.646 bits per heavy atom. The minimum absolute atomic E-state index is 0.204. The number of hydrogen-bond donors (Lipinski definition) is 0. The molecule has 0 spiro atoms. The van der Waals surface area contributed by atoms with Crippen molar-refractivity contribution in [3.63, 3.8) is 0 Å². The summed E-state index contributed by atoms with van der Waals surface area (Å²) in [5, 5.41) is 0. The van der Waals surface area contributed by atoms with Gasteiger partial charge in [0.1, 0.15) is 45.4 Å². The molecule has 0 atom stereocenters. The molecule has 0 aliphatic carbocycles. The van der Waals surface area contributed by atoms with Crippen LogP contribution < -0.4 is 38.1 Å². The molecule has 358 valence electrons. The van der Waals surface area contributed by atoms with Crippen LogP contribution in [0.25, 0.3) is 0 Å². The first-order valence-corrected chi connectivity index (χ1v) is 22.1. The zero-order chi connectivity index (χ0) is 45.0. The van der Waals surface area contributed by atoms with Crippen LogP contribution in [0.1, 0.15) is 12.8 Å². The summed E-state index contributed by atoms with van der Waals surface area (Å²) >= 11 is 0. The first-order valence-electron chi connectivity index (χ1n) is 22.1. The lowest BCUT2D eigenvalue weighted by atomic mass is 10.1. The van der Waals surface area contributed by atoms with Crippen molar-refractivity contribution >= 4 is 23.3 Å². The third-order valence-corrected chi connectivity index (χ3v) is 9.45. The van der Waals surface area contributed by atoms with Gasteiger partial charge in [-0.3, -0.25) is 14.5 Å². The summed E-state index contributed by atoms with van der Waals surface area (Å²) in [6.07, 6.45) is -0.484. The van der Waals surface area contributed by atoms with Crippen molar-refractivity contribution in [2.75, 3.05) is 163 Å². The molecule has 65 heavy (non-hydrogen) atoms. The summed E-state index contributed by atoms with van der Waals surface area (Å²) in [5.41, 5.74) is 0.870. The third-order valence-electron chi connectivity index (χ3n) is 9.45. The first-order chi connectivity index (χ1) is 32.1. The zero-order valence-corrected chi connectivity index (χ0v) is 36.9. The molecule has 19 heteroatoms. The van der Waals surface area contributed by atoms with Crippen LogP contribution in [0, 0.1) is 0 Å². The van der Waals surface area contributed by atoms with Gasteiger partial charge in [0.05, 0.1) is 137 Å². The number of carbonyl (C=O) groups excluding carboxylic acids is 2. The third kappa shape index (κ3) is 18.1. The van der Waals surface area contributed by atoms with E-state index in [1.807, 2.05) is 0 Å². The largest absolute Gasteiger partial charge is 0.487 e. The van der Waals surface area contributed by atoms with E-state index in [0.717, 1.165) is 0 Å². The Morgan fingerprint density at radius 1 is 0.354 bits per heavy atom. The fraction of sp³-hybridized carbons (Fsp3) is 0.565. The summed E-state index contributed by atoms with van der Waals surface area (Å²) in [5.74, 6) is 1.62. The van der Waals surface area contributed by atoms with Crippen LogP contribution in [-0.4, -0.2) is 170 Å². The Kier molecular flexibility index (Phi) is 22.5. The maximum atomic E-state index is 14.5. The Hall–Kier alpha value is -4.96. The zero-order valence-electron chi connectivity index (χ0n) is 36.9. The number of rotatable bonds is 6. The van der Waals surface area contributed by atoms with Gasteiger partial charge in [-0.15, -0.1) is 0 Å². The second-order valence-corrected chi connectivity index (χ2v) is 14.2. The van der Waals surface area contributed by atoms with Crippen molar-refractivity contribution in [3.05, 3.63) is 54.6 Å². The van der Waals surface area contributed by atoms with Gasteiger partial charge >= 0.3 is 5.97 Å². The van der Waals surface area contributed by atoms with E-state index < -0.39 is 11.9 Å². The molecule has 0 saturated heterocycles. The minimum Gasteiger partial charge on any atom is -0.487 e. The van der Waals surface area contributed by atoms with Gasteiger partial charge in [-0.25, -0.2) is 0 Å². The number of amides is 1. The normalized spacial score (nSPS) is 18.6. The maximum absolute atomic E-state index is 14.5. The highest BCUT2D eigenvalue weighted by molar-refractivity contribution is 6.02. The van der Waals surface area contributed by atoms with Gasteiger partial charge in [-0.1, -0.05) is 0 Å². The number of benzene rings is 3. The molecule has 3 aliphatic heterocycles. The van der Waals surface area contributed by atoms with Crippen LogP contribution >= 0.6 is 0 Å². The van der Waals surface area contributed by atoms with Gasteiger partial charge < -0.3 is 75.8 Å². The lowest BCUT2D eigenvalue weighted by Crippen LogP contribution is -2.27. The topological polar surface area (TPSA) is 185 Å². The molecule has 0 aromatic heterocycles. The molecule has 3 aromatic carbocycles. The van der Waals surface area contributed by atoms with E-state index in [9.17, 15) is 9.59 Å². The molecular formula is C46H61NO18. The summed E-state index contributed by atoms with van der Waals surface area (Å²) in [6, 6.07) is 15.1. The summed E-state index contributed by atoms with van der Waals surface area (Å²) in [6.45, 7) is 8.43. The van der Waals surface area contributed by atoms with Crippen LogP contribution in [0.2, 0.25) is 0 Å². The maximum Gasteiger partial charge on any atom is 0.311 e. The van der Waals surface area contributed by atoms with Crippen molar-refractivity contribution in [3.8, 4) is 40.2 Å². The predicted molar refractivity (Wildman–Crippen MR) is 232 cm³/mol. The molecule has 0 unspecified atom stereocenters. The van der Waals surface area contributed by atoms with Crippen molar-refractivity contribution in [2.45, 2.75) is 12.8 Å². The molecule has 3 aliphatic rings. The lowest BCUT2D eigenvalue weighted by molar-refractivity contribution is -0.136. The molecule has 0 bridgehead atoms. The van der Waals surface area contributed by atoms with E-state index in [1.165, 1.54) is 4.90 Å². The van der Waals surface area contributed by atoms with E-state index in [-0.39, 0.29) is 58.2 Å². The molecule has 3 aromatic rings. The Balaban J connectivity index is 1.21.